The third-order valence-electron chi connectivity index (χ3n) is 3.62. The minimum Gasteiger partial charge on any atom is -0.481 e. The van der Waals surface area contributed by atoms with Crippen LogP contribution in [0.3, 0.4) is 0 Å². The molecule has 0 amide bonds. The summed E-state index contributed by atoms with van der Waals surface area (Å²) in [5.41, 5.74) is -2.46. The van der Waals surface area contributed by atoms with Gasteiger partial charge in [-0.05, 0) is 6.92 Å². The summed E-state index contributed by atoms with van der Waals surface area (Å²) in [6.07, 6.45) is -2.03. The Morgan fingerprint density at radius 3 is 1.00 bits per heavy atom. The summed E-state index contributed by atoms with van der Waals surface area (Å²) in [7, 11) is 0. The van der Waals surface area contributed by atoms with Gasteiger partial charge >= 0.3 is 35.8 Å². The van der Waals surface area contributed by atoms with Crippen LogP contribution in [0.4, 0.5) is 0 Å². The highest BCUT2D eigenvalue weighted by Crippen LogP contribution is 2.21. The van der Waals surface area contributed by atoms with E-state index in [0.29, 0.717) is 0 Å². The lowest BCUT2D eigenvalue weighted by Gasteiger charge is -2.28. The van der Waals surface area contributed by atoms with Crippen LogP contribution in [0.25, 0.3) is 0 Å². The van der Waals surface area contributed by atoms with Gasteiger partial charge in [0, 0.05) is 16.7 Å². The van der Waals surface area contributed by atoms with E-state index in [2.05, 4.69) is 19.7 Å². The quantitative estimate of drug-likeness (QED) is 0.178. The first-order chi connectivity index (χ1) is 14.7. The number of carboxylic acid groups (broad SMARTS) is 3. The van der Waals surface area contributed by atoms with Crippen LogP contribution in [0.1, 0.15) is 26.2 Å². The number of carbonyl (C=O) groups excluding carboxylic acids is 3. The van der Waals surface area contributed by atoms with Crippen molar-refractivity contribution < 1.29 is 58.3 Å². The van der Waals surface area contributed by atoms with Gasteiger partial charge in [-0.25, -0.2) is 14.4 Å². The van der Waals surface area contributed by atoms with Gasteiger partial charge in [0.05, 0.1) is 24.7 Å². The van der Waals surface area contributed by atoms with Crippen molar-refractivity contribution >= 4 is 35.8 Å². The number of hydrogen-bond donors (Lipinski definition) is 3. The van der Waals surface area contributed by atoms with Gasteiger partial charge in [0.2, 0.25) is 0 Å². The van der Waals surface area contributed by atoms with E-state index < -0.39 is 80.3 Å². The van der Waals surface area contributed by atoms with Gasteiger partial charge in [-0.15, -0.1) is 0 Å². The molecule has 0 aromatic carbocycles. The first-order valence-electron chi connectivity index (χ1n) is 8.87. The zero-order valence-corrected chi connectivity index (χ0v) is 17.4. The molecular weight excluding hydrogens is 432 g/mol. The molecule has 12 heteroatoms. The fraction of sp³-hybridized carbons (Fsp3) is 0.400. The molecule has 0 aromatic rings. The third kappa shape index (κ3) is 11.3. The molecule has 0 bridgehead atoms. The molecule has 0 unspecified atom stereocenters. The van der Waals surface area contributed by atoms with Crippen LogP contribution in [-0.2, 0) is 43.0 Å². The summed E-state index contributed by atoms with van der Waals surface area (Å²) in [6, 6.07) is 0. The van der Waals surface area contributed by atoms with Crippen molar-refractivity contribution in [3.63, 3.8) is 0 Å². The summed E-state index contributed by atoms with van der Waals surface area (Å²) >= 11 is 0. The number of rotatable bonds is 15. The molecule has 32 heavy (non-hydrogen) atoms. The van der Waals surface area contributed by atoms with E-state index >= 15 is 0 Å². The molecule has 0 aliphatic heterocycles. The van der Waals surface area contributed by atoms with Crippen molar-refractivity contribution in [1.29, 1.82) is 0 Å². The van der Waals surface area contributed by atoms with Crippen LogP contribution < -0.4 is 0 Å². The zero-order valence-electron chi connectivity index (χ0n) is 17.4. The Morgan fingerprint density at radius 1 is 0.594 bits per heavy atom. The lowest BCUT2D eigenvalue weighted by Crippen LogP contribution is -2.37. The van der Waals surface area contributed by atoms with Crippen LogP contribution in [-0.4, -0.2) is 71.0 Å². The second-order valence-electron chi connectivity index (χ2n) is 7.06. The first kappa shape index (κ1) is 28.0. The predicted molar refractivity (Wildman–Crippen MR) is 105 cm³/mol. The van der Waals surface area contributed by atoms with Gasteiger partial charge in [0.15, 0.2) is 0 Å². The van der Waals surface area contributed by atoms with E-state index in [1.807, 2.05) is 0 Å². The lowest BCUT2D eigenvalue weighted by molar-refractivity contribution is -0.157. The minimum atomic E-state index is -1.38. The number of carboxylic acids is 3. The average molecular weight is 456 g/mol. The maximum atomic E-state index is 11.9. The number of aliphatic carboxylic acids is 3. The van der Waals surface area contributed by atoms with Gasteiger partial charge in [-0.3, -0.25) is 14.4 Å². The van der Waals surface area contributed by atoms with E-state index in [0.717, 1.165) is 0 Å². The third-order valence-corrected chi connectivity index (χ3v) is 3.62. The van der Waals surface area contributed by atoms with Crippen molar-refractivity contribution in [2.75, 3.05) is 19.8 Å². The summed E-state index contributed by atoms with van der Waals surface area (Å²) in [5, 5.41) is 26.1. The predicted octanol–water partition coefficient (Wildman–Crippen LogP) is 0.715. The summed E-state index contributed by atoms with van der Waals surface area (Å²) in [4.78, 5) is 67.7. The monoisotopic (exact) mass is 456 g/mol. The molecule has 0 rings (SSSR count). The van der Waals surface area contributed by atoms with Crippen LogP contribution in [0.5, 0.6) is 0 Å². The van der Waals surface area contributed by atoms with Crippen molar-refractivity contribution in [2.45, 2.75) is 26.2 Å². The Morgan fingerprint density at radius 2 is 0.812 bits per heavy atom. The zero-order chi connectivity index (χ0) is 25.1. The Bertz CT molecular complexity index is 728. The molecule has 0 aromatic heterocycles. The van der Waals surface area contributed by atoms with Gasteiger partial charge in [-0.1, -0.05) is 19.7 Å². The van der Waals surface area contributed by atoms with Crippen molar-refractivity contribution in [1.82, 2.24) is 0 Å². The fourth-order valence-electron chi connectivity index (χ4n) is 1.91. The average Bonchev–Trinajstić information content (AvgIpc) is 2.66. The fourth-order valence-corrected chi connectivity index (χ4v) is 1.91. The number of ether oxygens (including phenoxy) is 3. The summed E-state index contributed by atoms with van der Waals surface area (Å²) in [6.45, 7) is 9.65. The molecule has 0 atom stereocenters. The van der Waals surface area contributed by atoms with E-state index in [-0.39, 0.29) is 16.7 Å². The Balaban J connectivity index is 5.23. The van der Waals surface area contributed by atoms with Gasteiger partial charge in [0.1, 0.15) is 19.8 Å². The minimum absolute atomic E-state index is 0.362. The molecule has 0 saturated heterocycles. The smallest absolute Gasteiger partial charge is 0.334 e. The van der Waals surface area contributed by atoms with Gasteiger partial charge in [0.25, 0.3) is 0 Å². The molecule has 176 valence electrons. The molecule has 0 saturated carbocycles. The molecule has 0 aliphatic rings. The Labute approximate surface area is 182 Å². The highest BCUT2D eigenvalue weighted by molar-refractivity contribution is 5.94. The van der Waals surface area contributed by atoms with Crippen LogP contribution in [0.2, 0.25) is 0 Å². The Hall–Kier alpha value is -3.96. The van der Waals surface area contributed by atoms with Crippen LogP contribution in [0, 0.1) is 5.41 Å². The van der Waals surface area contributed by atoms with E-state index in [9.17, 15) is 28.8 Å². The molecule has 12 nitrogen and oxygen atoms in total. The van der Waals surface area contributed by atoms with Gasteiger partial charge in [-0.2, -0.15) is 0 Å². The number of esters is 3. The summed E-state index contributed by atoms with van der Waals surface area (Å²) in [5.74, 6) is -7.10. The molecule has 0 spiro atoms. The van der Waals surface area contributed by atoms with Gasteiger partial charge < -0.3 is 29.5 Å². The standard InChI is InChI=1S/C20H24O12/c1-11(5-14(21)22)17(27)30-8-20(4,9-31-18(28)12(2)6-15(23)24)10-32-19(29)13(3)7-16(25)26/h1-3,5-10H2,4H3,(H,21,22)(H,23,24)(H,25,26). The second kappa shape index (κ2) is 12.7. The second-order valence-corrected chi connectivity index (χ2v) is 7.06. The lowest BCUT2D eigenvalue weighted by atomic mass is 9.94. The van der Waals surface area contributed by atoms with Crippen molar-refractivity contribution in [3.05, 3.63) is 36.5 Å². The highest BCUT2D eigenvalue weighted by atomic mass is 16.6. The highest BCUT2D eigenvalue weighted by Gasteiger charge is 2.32. The topological polar surface area (TPSA) is 191 Å². The van der Waals surface area contributed by atoms with Crippen molar-refractivity contribution in [2.24, 2.45) is 5.41 Å². The van der Waals surface area contributed by atoms with E-state index in [1.54, 1.807) is 0 Å². The first-order valence-corrected chi connectivity index (χ1v) is 8.87. The van der Waals surface area contributed by atoms with Crippen LogP contribution in [0.15, 0.2) is 36.5 Å². The van der Waals surface area contributed by atoms with Crippen molar-refractivity contribution in [3.8, 4) is 0 Å². The molecule has 0 radical (unpaired) electrons. The van der Waals surface area contributed by atoms with Crippen LogP contribution >= 0.6 is 0 Å². The summed E-state index contributed by atoms with van der Waals surface area (Å²) < 4.78 is 14.9. The van der Waals surface area contributed by atoms with E-state index in [1.165, 1.54) is 6.92 Å². The molecule has 0 fully saturated rings. The normalized spacial score (nSPS) is 10.4. The molecule has 0 aliphatic carbocycles. The maximum absolute atomic E-state index is 11.9. The van der Waals surface area contributed by atoms with E-state index in [4.69, 9.17) is 29.5 Å². The Kier molecular flexibility index (Phi) is 11.1. The largest absolute Gasteiger partial charge is 0.481 e. The number of hydrogen-bond acceptors (Lipinski definition) is 9. The SMILES string of the molecule is C=C(CC(=O)O)C(=O)OCC(C)(COC(=O)C(=C)CC(=O)O)COC(=O)C(=C)CC(=O)O. The number of carbonyl (C=O) groups is 6. The maximum Gasteiger partial charge on any atom is 0.334 e. The molecular formula is C20H24O12. The molecule has 3 N–H and O–H groups in total. The molecule has 0 heterocycles.